The Hall–Kier alpha value is -5.53. The summed E-state index contributed by atoms with van der Waals surface area (Å²) in [5.74, 6) is -5.37. The van der Waals surface area contributed by atoms with E-state index in [9.17, 15) is 36.3 Å². The van der Waals surface area contributed by atoms with E-state index in [0.29, 0.717) is 30.5 Å². The van der Waals surface area contributed by atoms with E-state index in [1.54, 1.807) is 0 Å². The number of alkyl halides is 3. The smallest absolute Gasteiger partial charge is 0.419 e. The third kappa shape index (κ3) is 6.50. The van der Waals surface area contributed by atoms with Crippen molar-refractivity contribution in [1.29, 1.82) is 0 Å². The van der Waals surface area contributed by atoms with Crippen molar-refractivity contribution in [2.45, 2.75) is 25.1 Å². The first-order valence-electron chi connectivity index (χ1n) is 15.2. The van der Waals surface area contributed by atoms with Crippen LogP contribution in [-0.2, 0) is 11.0 Å². The lowest BCUT2D eigenvalue weighted by Gasteiger charge is -2.30. The van der Waals surface area contributed by atoms with Crippen LogP contribution in [0.3, 0.4) is 0 Å². The highest BCUT2D eigenvalue weighted by atomic mass is 19.4. The summed E-state index contributed by atoms with van der Waals surface area (Å²) in [5.41, 5.74) is 0.232. The second kappa shape index (κ2) is 13.2. The van der Waals surface area contributed by atoms with Crippen LogP contribution < -0.4 is 20.7 Å². The maximum atomic E-state index is 15.0. The van der Waals surface area contributed by atoms with Crippen LogP contribution in [0.25, 0.3) is 17.2 Å². The summed E-state index contributed by atoms with van der Waals surface area (Å²) >= 11 is 0. The molecule has 1 heterocycles. The van der Waals surface area contributed by atoms with Gasteiger partial charge in [-0.3, -0.25) is 14.4 Å². The summed E-state index contributed by atoms with van der Waals surface area (Å²) in [4.78, 5) is 40.1. The van der Waals surface area contributed by atoms with Gasteiger partial charge in [-0.25, -0.2) is 8.78 Å². The van der Waals surface area contributed by atoms with Gasteiger partial charge in [-0.15, -0.1) is 0 Å². The van der Waals surface area contributed by atoms with Crippen molar-refractivity contribution in [3.8, 4) is 16.9 Å². The van der Waals surface area contributed by atoms with Crippen LogP contribution in [0, 0.1) is 29.4 Å². The van der Waals surface area contributed by atoms with Crippen molar-refractivity contribution in [3.63, 3.8) is 0 Å². The average Bonchev–Trinajstić information content (AvgIpc) is 3.81. The number of ether oxygens (including phenoxy) is 1. The van der Waals surface area contributed by atoms with Gasteiger partial charge in [0.25, 0.3) is 11.8 Å². The zero-order valence-electron chi connectivity index (χ0n) is 26.0. The summed E-state index contributed by atoms with van der Waals surface area (Å²) in [6.07, 6.45) is 0.887. The van der Waals surface area contributed by atoms with Crippen LogP contribution in [0.5, 0.6) is 5.75 Å². The van der Waals surface area contributed by atoms with Crippen LogP contribution in [0.1, 0.15) is 44.7 Å². The first-order valence-corrected chi connectivity index (χ1v) is 15.2. The van der Waals surface area contributed by atoms with Gasteiger partial charge in [0, 0.05) is 41.4 Å². The number of methoxy groups -OCH3 is 1. The van der Waals surface area contributed by atoms with Crippen molar-refractivity contribution < 1.29 is 45.6 Å². The molecule has 2 saturated carbocycles. The fourth-order valence-electron chi connectivity index (χ4n) is 6.83. The lowest BCUT2D eigenvalue weighted by molar-refractivity contribution is -0.140. The fraction of sp³-hybridized carbons (Fsp3) is 0.257. The number of nitrogens with zero attached hydrogens (tertiary/aromatic N) is 1. The number of aromatic nitrogens is 1. The largest absolute Gasteiger partial charge is 0.496 e. The fourth-order valence-corrected chi connectivity index (χ4v) is 6.83. The third-order valence-corrected chi connectivity index (χ3v) is 9.03. The first-order chi connectivity index (χ1) is 23.4. The molecule has 0 saturated heterocycles. The van der Waals surface area contributed by atoms with Crippen molar-refractivity contribution in [1.82, 2.24) is 15.8 Å². The number of rotatable bonds is 8. The highest BCUT2D eigenvalue weighted by molar-refractivity contribution is 6.00. The van der Waals surface area contributed by atoms with E-state index in [1.165, 1.54) is 56.9 Å². The van der Waals surface area contributed by atoms with E-state index in [1.807, 2.05) is 6.08 Å². The molecule has 0 spiro atoms. The Kier molecular flexibility index (Phi) is 8.97. The predicted octanol–water partition coefficient (Wildman–Crippen LogP) is 6.48. The van der Waals surface area contributed by atoms with Crippen LogP contribution in [0.2, 0.25) is 0 Å². The van der Waals surface area contributed by atoms with E-state index < -0.39 is 59.0 Å². The molecular formula is C35H29F5N4O5. The molecular weight excluding hydrogens is 651 g/mol. The second-order valence-corrected chi connectivity index (χ2v) is 11.8. The number of halogens is 5. The Morgan fingerprint density at radius 3 is 2.41 bits per heavy atom. The standard InChI is InChI=1S/C35H29F5N4O5/c1-41-32(45)19-3-8-27(36)23(13-19)18-4-10-29(48-2)25(12-18)33(46)44-31-22-7-6-21(24(22)11-17-15-42-49-16-17)30(31)34(47)43-20-5-9-28(37)26(14-20)35(38,39)40/h3-5,8-16,21-22,30-31H,6-7H2,1-2H3,(H,41,45)(H,43,47)(H,44,46)/b24-11-/t21?,22?,30-,31+/m0/s1. The average molecular weight is 681 g/mol. The van der Waals surface area contributed by atoms with E-state index in [4.69, 9.17) is 9.26 Å². The maximum absolute atomic E-state index is 15.0. The number of amides is 3. The zero-order chi connectivity index (χ0) is 35.0. The topological polar surface area (TPSA) is 123 Å². The molecule has 6 rings (SSSR count). The highest BCUT2D eigenvalue weighted by Gasteiger charge is 2.54. The number of fused-ring (bicyclic) bond motifs is 2. The monoisotopic (exact) mass is 680 g/mol. The van der Waals surface area contributed by atoms with Crippen molar-refractivity contribution >= 4 is 29.5 Å². The Bertz CT molecular complexity index is 1960. The summed E-state index contributed by atoms with van der Waals surface area (Å²) in [7, 11) is 2.79. The van der Waals surface area contributed by atoms with Crippen molar-refractivity contribution in [3.05, 3.63) is 107 Å². The van der Waals surface area contributed by atoms with Crippen LogP contribution in [-0.4, -0.2) is 43.1 Å². The summed E-state index contributed by atoms with van der Waals surface area (Å²) in [6, 6.07) is 9.62. The molecule has 2 aliphatic carbocycles. The van der Waals surface area contributed by atoms with Crippen molar-refractivity contribution in [2.75, 3.05) is 19.5 Å². The van der Waals surface area contributed by atoms with E-state index in [2.05, 4.69) is 21.1 Å². The molecule has 2 unspecified atom stereocenters. The number of benzene rings is 3. The summed E-state index contributed by atoms with van der Waals surface area (Å²) in [5, 5.41) is 11.6. The maximum Gasteiger partial charge on any atom is 0.419 e. The number of hydrogen-bond donors (Lipinski definition) is 3. The Morgan fingerprint density at radius 2 is 1.71 bits per heavy atom. The molecule has 4 aromatic rings. The minimum absolute atomic E-state index is 0.0181. The molecule has 3 aromatic carbocycles. The number of nitrogens with one attached hydrogen (secondary N) is 3. The second-order valence-electron chi connectivity index (χ2n) is 11.8. The third-order valence-electron chi connectivity index (χ3n) is 9.03. The van der Waals surface area contributed by atoms with Gasteiger partial charge in [0.15, 0.2) is 0 Å². The van der Waals surface area contributed by atoms with Gasteiger partial charge < -0.3 is 25.2 Å². The predicted molar refractivity (Wildman–Crippen MR) is 167 cm³/mol. The first kappa shape index (κ1) is 33.4. The Balaban J connectivity index is 1.34. The minimum Gasteiger partial charge on any atom is -0.496 e. The molecule has 4 atom stereocenters. The van der Waals surface area contributed by atoms with Gasteiger partial charge in [0.05, 0.1) is 30.4 Å². The molecule has 49 heavy (non-hydrogen) atoms. The SMILES string of the molecule is CNC(=O)c1ccc(F)c(-c2ccc(OC)c(C(=O)N[C@@H]3C4CCC(/C4=C/c4cnoc4)[C@@H]3C(=O)Nc3ccc(F)c(C(F)(F)F)c3)c2)c1. The van der Waals surface area contributed by atoms with Gasteiger partial charge in [0.1, 0.15) is 23.6 Å². The van der Waals surface area contributed by atoms with Gasteiger partial charge in [-0.05, 0) is 72.9 Å². The summed E-state index contributed by atoms with van der Waals surface area (Å²) in [6.45, 7) is 0. The normalized spacial score (nSPS) is 20.7. The van der Waals surface area contributed by atoms with E-state index >= 15 is 0 Å². The molecule has 0 aliphatic heterocycles. The van der Waals surface area contributed by atoms with Gasteiger partial charge in [-0.2, -0.15) is 13.2 Å². The van der Waals surface area contributed by atoms with Gasteiger partial charge in [-0.1, -0.05) is 22.9 Å². The molecule has 3 amide bonds. The summed E-state index contributed by atoms with van der Waals surface area (Å²) < 4.78 is 79.6. The molecule has 3 N–H and O–H groups in total. The van der Waals surface area contributed by atoms with Crippen molar-refractivity contribution in [2.24, 2.45) is 17.8 Å². The lowest BCUT2D eigenvalue weighted by Crippen LogP contribution is -2.48. The molecule has 14 heteroatoms. The number of hydrogen-bond acceptors (Lipinski definition) is 6. The molecule has 1 aromatic heterocycles. The van der Waals surface area contributed by atoms with Crippen LogP contribution in [0.4, 0.5) is 27.6 Å². The number of carbonyl (C=O) groups is 3. The molecule has 0 radical (unpaired) electrons. The van der Waals surface area contributed by atoms with Gasteiger partial charge in [0.2, 0.25) is 5.91 Å². The Morgan fingerprint density at radius 1 is 0.959 bits per heavy atom. The number of anilines is 1. The number of carbonyl (C=O) groups excluding carboxylic acids is 3. The van der Waals surface area contributed by atoms with Crippen LogP contribution >= 0.6 is 0 Å². The lowest BCUT2D eigenvalue weighted by atomic mass is 9.83. The zero-order valence-corrected chi connectivity index (χ0v) is 26.0. The molecule has 2 bridgehead atoms. The minimum atomic E-state index is -4.98. The molecule has 9 nitrogen and oxygen atoms in total. The molecule has 254 valence electrons. The quantitative estimate of drug-likeness (QED) is 0.183. The highest BCUT2D eigenvalue weighted by Crippen LogP contribution is 2.53. The molecule has 2 fully saturated rings. The van der Waals surface area contributed by atoms with Gasteiger partial charge >= 0.3 is 6.18 Å². The van der Waals surface area contributed by atoms with Crippen LogP contribution in [0.15, 0.2) is 77.2 Å². The van der Waals surface area contributed by atoms with E-state index in [0.717, 1.165) is 17.7 Å². The van der Waals surface area contributed by atoms with E-state index in [-0.39, 0.29) is 39.6 Å². The molecule has 2 aliphatic rings. The Labute approximate surface area is 276 Å².